The number of carbonyl (C=O) groups is 2. The SMILES string of the molecule is COCCCNC(=O)c1oc2c(c1C)/C(=N/NC(=O)Cc1ccccc1)CCC2. The molecule has 7 nitrogen and oxygen atoms in total. The zero-order valence-corrected chi connectivity index (χ0v) is 16.9. The van der Waals surface area contributed by atoms with Crippen LogP contribution in [0, 0.1) is 6.92 Å². The van der Waals surface area contributed by atoms with Crippen molar-refractivity contribution in [3.63, 3.8) is 0 Å². The van der Waals surface area contributed by atoms with Gasteiger partial charge in [-0.15, -0.1) is 0 Å². The van der Waals surface area contributed by atoms with Gasteiger partial charge in [-0.05, 0) is 31.7 Å². The molecule has 2 aromatic rings. The fourth-order valence-electron chi connectivity index (χ4n) is 3.45. The van der Waals surface area contributed by atoms with Crippen molar-refractivity contribution in [2.24, 2.45) is 5.10 Å². The number of hydrazone groups is 1. The van der Waals surface area contributed by atoms with Crippen LogP contribution in [0.1, 0.15) is 52.3 Å². The van der Waals surface area contributed by atoms with E-state index in [-0.39, 0.29) is 18.2 Å². The van der Waals surface area contributed by atoms with Crippen LogP contribution < -0.4 is 10.7 Å². The summed E-state index contributed by atoms with van der Waals surface area (Å²) in [6.07, 6.45) is 3.35. The highest BCUT2D eigenvalue weighted by molar-refractivity contribution is 6.06. The predicted molar refractivity (Wildman–Crippen MR) is 110 cm³/mol. The number of nitrogens with one attached hydrogen (secondary N) is 2. The first-order chi connectivity index (χ1) is 14.1. The maximum Gasteiger partial charge on any atom is 0.287 e. The number of carbonyl (C=O) groups excluding carboxylic acids is 2. The van der Waals surface area contributed by atoms with E-state index in [2.05, 4.69) is 15.8 Å². The highest BCUT2D eigenvalue weighted by Crippen LogP contribution is 2.29. The largest absolute Gasteiger partial charge is 0.455 e. The number of furan rings is 1. The minimum Gasteiger partial charge on any atom is -0.455 e. The number of nitrogens with zero attached hydrogens (tertiary/aromatic N) is 1. The lowest BCUT2D eigenvalue weighted by atomic mass is 9.93. The minimum absolute atomic E-state index is 0.173. The van der Waals surface area contributed by atoms with E-state index in [1.54, 1.807) is 7.11 Å². The monoisotopic (exact) mass is 397 g/mol. The molecule has 7 heteroatoms. The lowest BCUT2D eigenvalue weighted by Crippen LogP contribution is -2.25. The third-order valence-electron chi connectivity index (χ3n) is 4.87. The summed E-state index contributed by atoms with van der Waals surface area (Å²) in [7, 11) is 1.63. The maximum absolute atomic E-state index is 12.5. The van der Waals surface area contributed by atoms with Crippen molar-refractivity contribution in [3.05, 3.63) is 58.5 Å². The summed E-state index contributed by atoms with van der Waals surface area (Å²) >= 11 is 0. The van der Waals surface area contributed by atoms with Crippen molar-refractivity contribution in [2.75, 3.05) is 20.3 Å². The Hall–Kier alpha value is -2.93. The highest BCUT2D eigenvalue weighted by atomic mass is 16.5. The van der Waals surface area contributed by atoms with Crippen molar-refractivity contribution in [1.29, 1.82) is 0 Å². The van der Waals surface area contributed by atoms with E-state index in [0.29, 0.717) is 18.9 Å². The van der Waals surface area contributed by atoms with Crippen molar-refractivity contribution >= 4 is 17.5 Å². The Labute approximate surface area is 170 Å². The van der Waals surface area contributed by atoms with Gasteiger partial charge in [-0.1, -0.05) is 30.3 Å². The topological polar surface area (TPSA) is 92.9 Å². The van der Waals surface area contributed by atoms with E-state index in [0.717, 1.165) is 53.8 Å². The van der Waals surface area contributed by atoms with Gasteiger partial charge in [0, 0.05) is 37.8 Å². The quantitative estimate of drug-likeness (QED) is 0.529. The maximum atomic E-state index is 12.5. The lowest BCUT2D eigenvalue weighted by molar-refractivity contribution is -0.120. The number of ether oxygens (including phenoxy) is 1. The van der Waals surface area contributed by atoms with E-state index in [9.17, 15) is 9.59 Å². The average molecular weight is 397 g/mol. The zero-order chi connectivity index (χ0) is 20.6. The molecule has 0 fully saturated rings. The molecule has 0 saturated heterocycles. The third kappa shape index (κ3) is 5.32. The van der Waals surface area contributed by atoms with Gasteiger partial charge in [0.2, 0.25) is 5.91 Å². The van der Waals surface area contributed by atoms with E-state index >= 15 is 0 Å². The van der Waals surface area contributed by atoms with Crippen molar-refractivity contribution < 1.29 is 18.7 Å². The summed E-state index contributed by atoms with van der Waals surface area (Å²) < 4.78 is 10.8. The molecule has 0 saturated carbocycles. The summed E-state index contributed by atoms with van der Waals surface area (Å²) in [6, 6.07) is 9.53. The van der Waals surface area contributed by atoms with Crippen LogP contribution in [-0.2, 0) is 22.4 Å². The Morgan fingerprint density at radius 2 is 2.00 bits per heavy atom. The molecule has 1 aliphatic rings. The molecule has 0 atom stereocenters. The van der Waals surface area contributed by atoms with Gasteiger partial charge < -0.3 is 14.5 Å². The number of benzene rings is 1. The molecule has 0 unspecified atom stereocenters. The Bertz CT molecular complexity index is 887. The molecule has 2 amide bonds. The molecule has 1 aromatic heterocycles. The summed E-state index contributed by atoms with van der Waals surface area (Å²) in [5.41, 5.74) is 5.95. The minimum atomic E-state index is -0.236. The molecule has 0 aliphatic heterocycles. The van der Waals surface area contributed by atoms with E-state index in [1.165, 1.54) is 0 Å². The Morgan fingerprint density at radius 1 is 1.21 bits per heavy atom. The molecule has 3 rings (SSSR count). The second kappa shape index (κ2) is 10.0. The van der Waals surface area contributed by atoms with Crippen LogP contribution >= 0.6 is 0 Å². The van der Waals surface area contributed by atoms with Gasteiger partial charge in [0.15, 0.2) is 5.76 Å². The molecule has 0 spiro atoms. The molecule has 2 N–H and O–H groups in total. The zero-order valence-electron chi connectivity index (χ0n) is 16.9. The van der Waals surface area contributed by atoms with Gasteiger partial charge in [-0.3, -0.25) is 9.59 Å². The van der Waals surface area contributed by atoms with Crippen LogP contribution in [0.5, 0.6) is 0 Å². The van der Waals surface area contributed by atoms with Crippen LogP contribution in [-0.4, -0.2) is 37.8 Å². The first-order valence-corrected chi connectivity index (χ1v) is 9.89. The fourth-order valence-corrected chi connectivity index (χ4v) is 3.45. The van der Waals surface area contributed by atoms with E-state index < -0.39 is 0 Å². The lowest BCUT2D eigenvalue weighted by Gasteiger charge is -2.13. The van der Waals surface area contributed by atoms with Gasteiger partial charge in [0.1, 0.15) is 5.76 Å². The molecule has 0 bridgehead atoms. The third-order valence-corrected chi connectivity index (χ3v) is 4.87. The van der Waals surface area contributed by atoms with Crippen molar-refractivity contribution in [3.8, 4) is 0 Å². The summed E-state index contributed by atoms with van der Waals surface area (Å²) in [6.45, 7) is 2.97. The summed E-state index contributed by atoms with van der Waals surface area (Å²) in [5.74, 6) is 0.665. The summed E-state index contributed by atoms with van der Waals surface area (Å²) in [5, 5.41) is 7.20. The second-order valence-electron chi connectivity index (χ2n) is 7.07. The first-order valence-electron chi connectivity index (χ1n) is 9.89. The Morgan fingerprint density at radius 3 is 2.76 bits per heavy atom. The molecule has 1 aliphatic carbocycles. The number of hydrogen-bond donors (Lipinski definition) is 2. The fraction of sp³-hybridized carbons (Fsp3) is 0.409. The van der Waals surface area contributed by atoms with Crippen LogP contribution in [0.15, 0.2) is 39.9 Å². The average Bonchev–Trinajstić information content (AvgIpc) is 3.07. The van der Waals surface area contributed by atoms with Gasteiger partial charge >= 0.3 is 0 Å². The van der Waals surface area contributed by atoms with Crippen LogP contribution in [0.4, 0.5) is 0 Å². The predicted octanol–water partition coefficient (Wildman–Crippen LogP) is 2.75. The first kappa shape index (κ1) is 20.8. The van der Waals surface area contributed by atoms with Gasteiger partial charge in [-0.25, -0.2) is 5.43 Å². The number of rotatable bonds is 8. The molecular formula is C22H27N3O4. The van der Waals surface area contributed by atoms with Gasteiger partial charge in [-0.2, -0.15) is 5.10 Å². The van der Waals surface area contributed by atoms with Crippen molar-refractivity contribution in [2.45, 2.75) is 39.0 Å². The molecule has 1 heterocycles. The van der Waals surface area contributed by atoms with Crippen molar-refractivity contribution in [1.82, 2.24) is 10.7 Å². The molecular weight excluding hydrogens is 370 g/mol. The normalized spacial score (nSPS) is 14.5. The van der Waals surface area contributed by atoms with E-state index in [4.69, 9.17) is 9.15 Å². The summed E-state index contributed by atoms with van der Waals surface area (Å²) in [4.78, 5) is 24.7. The van der Waals surface area contributed by atoms with E-state index in [1.807, 2.05) is 37.3 Å². The Balaban J connectivity index is 1.69. The number of amides is 2. The number of methoxy groups -OCH3 is 1. The second-order valence-corrected chi connectivity index (χ2v) is 7.07. The van der Waals surface area contributed by atoms with Crippen LogP contribution in [0.2, 0.25) is 0 Å². The van der Waals surface area contributed by atoms with Crippen LogP contribution in [0.25, 0.3) is 0 Å². The molecule has 154 valence electrons. The Kier molecular flexibility index (Phi) is 7.19. The van der Waals surface area contributed by atoms with Gasteiger partial charge in [0.05, 0.1) is 12.1 Å². The molecule has 0 radical (unpaired) electrons. The van der Waals surface area contributed by atoms with Gasteiger partial charge in [0.25, 0.3) is 5.91 Å². The number of fused-ring (bicyclic) bond motifs is 1. The molecule has 29 heavy (non-hydrogen) atoms. The molecule has 1 aromatic carbocycles. The highest BCUT2D eigenvalue weighted by Gasteiger charge is 2.27. The smallest absolute Gasteiger partial charge is 0.287 e. The van der Waals surface area contributed by atoms with Crippen LogP contribution in [0.3, 0.4) is 0 Å². The standard InChI is InChI=1S/C22H27N3O4/c1-15-20-17(24-25-19(26)14-16-8-4-3-5-9-16)10-6-11-18(20)29-21(15)22(27)23-12-7-13-28-2/h3-5,8-9H,6-7,10-14H2,1-2H3,(H,23,27)(H,25,26)/b24-17+. The number of hydrogen-bond acceptors (Lipinski definition) is 5. The number of aryl methyl sites for hydroxylation is 1.